The number of hydrogen-bond donors (Lipinski definition) is 0. The Balaban J connectivity index is 1.55. The fourth-order valence-corrected chi connectivity index (χ4v) is 4.83. The number of amides is 1. The molecule has 0 fully saturated rings. The predicted octanol–water partition coefficient (Wildman–Crippen LogP) is 5.24. The number of pyridine rings is 1. The largest absolute Gasteiger partial charge is 0.464 e. The molecule has 11 heteroatoms. The number of imidazole rings is 1. The van der Waals surface area contributed by atoms with E-state index in [-0.39, 0.29) is 28.3 Å². The lowest BCUT2D eigenvalue weighted by Gasteiger charge is -2.33. The van der Waals surface area contributed by atoms with Crippen molar-refractivity contribution in [2.45, 2.75) is 52.0 Å². The van der Waals surface area contributed by atoms with Crippen molar-refractivity contribution in [1.82, 2.24) is 19.0 Å². The van der Waals surface area contributed by atoms with Crippen LogP contribution in [0.1, 0.15) is 53.6 Å². The molecule has 3 aromatic heterocycles. The molecule has 2 unspecified atom stereocenters. The quantitative estimate of drug-likeness (QED) is 0.359. The number of furan rings is 1. The number of carbonyl (C=O) groups excluding carboxylic acids is 1. The van der Waals surface area contributed by atoms with Gasteiger partial charge in [0.2, 0.25) is 0 Å². The van der Waals surface area contributed by atoms with Crippen LogP contribution in [-0.2, 0) is 12.7 Å². The van der Waals surface area contributed by atoms with Crippen molar-refractivity contribution in [1.29, 1.82) is 0 Å². The van der Waals surface area contributed by atoms with Crippen LogP contribution in [-0.4, -0.2) is 31.0 Å². The molecule has 1 aliphatic rings. The topological polar surface area (TPSA) is 73.3 Å². The number of rotatable bonds is 3. The third-order valence-corrected chi connectivity index (χ3v) is 6.71. The molecule has 7 nitrogen and oxygen atoms in total. The van der Waals surface area contributed by atoms with Gasteiger partial charge in [-0.3, -0.25) is 9.59 Å². The summed E-state index contributed by atoms with van der Waals surface area (Å²) in [4.78, 5) is 32.6. The van der Waals surface area contributed by atoms with E-state index >= 15 is 0 Å². The lowest BCUT2D eigenvalue weighted by Crippen LogP contribution is -2.40. The molecule has 36 heavy (non-hydrogen) atoms. The van der Waals surface area contributed by atoms with E-state index in [1.54, 1.807) is 41.6 Å². The van der Waals surface area contributed by atoms with Crippen LogP contribution in [0.5, 0.6) is 0 Å². The molecule has 5 rings (SSSR count). The molecular weight excluding hydrogens is 480 g/mol. The second-order valence-electron chi connectivity index (χ2n) is 9.03. The smallest absolute Gasteiger partial charge is 0.419 e. The van der Waals surface area contributed by atoms with Gasteiger partial charge in [0, 0.05) is 29.7 Å². The van der Waals surface area contributed by atoms with E-state index in [0.29, 0.717) is 30.3 Å². The van der Waals surface area contributed by atoms with Crippen LogP contribution in [0.25, 0.3) is 16.7 Å². The summed E-state index contributed by atoms with van der Waals surface area (Å²) in [5.41, 5.74) is -0.217. The molecule has 4 heterocycles. The van der Waals surface area contributed by atoms with Crippen LogP contribution < -0.4 is 5.56 Å². The Kier molecular flexibility index (Phi) is 5.53. The number of nitrogens with zero attached hydrogens (tertiary/aromatic N) is 4. The van der Waals surface area contributed by atoms with Gasteiger partial charge in [0.25, 0.3) is 11.5 Å². The normalized spacial score (nSPS) is 17.4. The minimum atomic E-state index is -4.86. The lowest BCUT2D eigenvalue weighted by atomic mass is 10.0. The van der Waals surface area contributed by atoms with E-state index in [1.807, 2.05) is 6.92 Å². The van der Waals surface area contributed by atoms with Gasteiger partial charge in [0.1, 0.15) is 22.8 Å². The average Bonchev–Trinajstić information content (AvgIpc) is 3.39. The van der Waals surface area contributed by atoms with Gasteiger partial charge in [-0.1, -0.05) is 0 Å². The number of hydrogen-bond acceptors (Lipinski definition) is 4. The summed E-state index contributed by atoms with van der Waals surface area (Å²) in [6.07, 6.45) is 0.0843. The van der Waals surface area contributed by atoms with Gasteiger partial charge in [-0.05, 0) is 51.5 Å². The highest BCUT2D eigenvalue weighted by Gasteiger charge is 2.37. The van der Waals surface area contributed by atoms with Crippen LogP contribution in [0.2, 0.25) is 0 Å². The van der Waals surface area contributed by atoms with E-state index < -0.39 is 29.5 Å². The Labute approximate surface area is 202 Å². The zero-order chi connectivity index (χ0) is 25.9. The van der Waals surface area contributed by atoms with Crippen molar-refractivity contribution in [3.05, 3.63) is 81.7 Å². The Hall–Kier alpha value is -3.89. The van der Waals surface area contributed by atoms with Crippen LogP contribution in [0.15, 0.2) is 52.3 Å². The van der Waals surface area contributed by atoms with Crippen LogP contribution in [0.4, 0.5) is 17.6 Å². The Morgan fingerprint density at radius 1 is 1.19 bits per heavy atom. The maximum Gasteiger partial charge on any atom is 0.419 e. The molecule has 1 aromatic carbocycles. The van der Waals surface area contributed by atoms with Gasteiger partial charge in [0.05, 0.1) is 29.9 Å². The van der Waals surface area contributed by atoms with Gasteiger partial charge in [-0.15, -0.1) is 0 Å². The van der Waals surface area contributed by atoms with E-state index in [0.717, 1.165) is 11.8 Å². The summed E-state index contributed by atoms with van der Waals surface area (Å²) >= 11 is 0. The van der Waals surface area contributed by atoms with Crippen LogP contribution in [0.3, 0.4) is 0 Å². The highest BCUT2D eigenvalue weighted by molar-refractivity contribution is 5.94. The second kappa shape index (κ2) is 8.35. The zero-order valence-corrected chi connectivity index (χ0v) is 19.6. The number of halogens is 4. The third kappa shape index (κ3) is 3.78. The summed E-state index contributed by atoms with van der Waals surface area (Å²) < 4.78 is 62.1. The number of fused-ring (bicyclic) bond motifs is 2. The van der Waals surface area contributed by atoms with Gasteiger partial charge in [-0.2, -0.15) is 13.2 Å². The zero-order valence-electron chi connectivity index (χ0n) is 19.6. The summed E-state index contributed by atoms with van der Waals surface area (Å²) in [6, 6.07) is 3.57. The molecule has 1 amide bonds. The number of aromatic nitrogens is 3. The summed E-state index contributed by atoms with van der Waals surface area (Å²) in [5, 5.41) is 0.153. The molecule has 1 aliphatic heterocycles. The molecule has 0 bridgehead atoms. The van der Waals surface area contributed by atoms with Crippen molar-refractivity contribution in [2.75, 3.05) is 0 Å². The first-order valence-electron chi connectivity index (χ1n) is 11.3. The first kappa shape index (κ1) is 23.8. The molecule has 0 saturated heterocycles. The Morgan fingerprint density at radius 2 is 1.94 bits per heavy atom. The van der Waals surface area contributed by atoms with Crippen molar-refractivity contribution >= 4 is 16.9 Å². The molecule has 2 atom stereocenters. The Morgan fingerprint density at radius 3 is 2.61 bits per heavy atom. The van der Waals surface area contributed by atoms with Crippen molar-refractivity contribution in [3.63, 3.8) is 0 Å². The minimum Gasteiger partial charge on any atom is -0.464 e. The molecule has 188 valence electrons. The standard InChI is InChI=1S/C25H22F4N4O3/c1-13-10-31(12-30-13)20-4-5-21-24(35)33(14(2)6-7-32(21)23(20)34)15(3)17-11-36-22-9-18(25(27,28)29)19(26)8-16(17)22/h4-5,8-12,14-15H,6-7H2,1-3H3. The highest BCUT2D eigenvalue weighted by atomic mass is 19.4. The first-order chi connectivity index (χ1) is 17.0. The fourth-order valence-electron chi connectivity index (χ4n) is 4.83. The maximum absolute atomic E-state index is 14.3. The summed E-state index contributed by atoms with van der Waals surface area (Å²) in [5.74, 6) is -1.83. The van der Waals surface area contributed by atoms with Gasteiger partial charge >= 0.3 is 6.18 Å². The van der Waals surface area contributed by atoms with Crippen LogP contribution in [0, 0.1) is 12.7 Å². The molecule has 0 spiro atoms. The van der Waals surface area contributed by atoms with E-state index in [9.17, 15) is 27.2 Å². The first-order valence-corrected chi connectivity index (χ1v) is 11.3. The van der Waals surface area contributed by atoms with Crippen molar-refractivity contribution < 1.29 is 26.8 Å². The molecule has 0 saturated carbocycles. The molecule has 4 aromatic rings. The average molecular weight is 502 g/mol. The molecular formula is C25H22F4N4O3. The molecule has 0 radical (unpaired) electrons. The van der Waals surface area contributed by atoms with Gasteiger partial charge < -0.3 is 18.5 Å². The number of benzene rings is 1. The number of alkyl halides is 3. The number of carbonyl (C=O) groups is 1. The van der Waals surface area contributed by atoms with Gasteiger partial charge in [0.15, 0.2) is 0 Å². The maximum atomic E-state index is 14.3. The highest BCUT2D eigenvalue weighted by Crippen LogP contribution is 2.38. The second-order valence-corrected chi connectivity index (χ2v) is 9.03. The predicted molar refractivity (Wildman–Crippen MR) is 122 cm³/mol. The van der Waals surface area contributed by atoms with Crippen LogP contribution >= 0.6 is 0 Å². The monoisotopic (exact) mass is 502 g/mol. The fraction of sp³-hybridized carbons (Fsp3) is 0.320. The molecule has 0 aliphatic carbocycles. The Bertz CT molecular complexity index is 1550. The van der Waals surface area contributed by atoms with E-state index in [1.165, 1.54) is 17.2 Å². The third-order valence-electron chi connectivity index (χ3n) is 6.71. The van der Waals surface area contributed by atoms with E-state index in [4.69, 9.17) is 4.42 Å². The minimum absolute atomic E-state index is 0.127. The number of aryl methyl sites for hydroxylation is 1. The van der Waals surface area contributed by atoms with E-state index in [2.05, 4.69) is 4.98 Å². The SMILES string of the molecule is Cc1cn(-c2ccc3n(c2=O)CCC(C)N(C(C)c2coc4cc(C(F)(F)F)c(F)cc24)C3=O)cn1. The molecule has 0 N–H and O–H groups in total. The summed E-state index contributed by atoms with van der Waals surface area (Å²) in [6.45, 7) is 5.62. The van der Waals surface area contributed by atoms with Gasteiger partial charge in [-0.25, -0.2) is 9.37 Å². The summed E-state index contributed by atoms with van der Waals surface area (Å²) in [7, 11) is 0. The lowest BCUT2D eigenvalue weighted by molar-refractivity contribution is -0.139. The van der Waals surface area contributed by atoms with Crippen molar-refractivity contribution in [3.8, 4) is 5.69 Å². The van der Waals surface area contributed by atoms with Crippen molar-refractivity contribution in [2.24, 2.45) is 0 Å².